The molecule has 0 saturated carbocycles. The van der Waals surface area contributed by atoms with Crippen molar-refractivity contribution < 1.29 is 0 Å². The Morgan fingerprint density at radius 1 is 1.50 bits per heavy atom. The topological polar surface area (TPSA) is 16.1 Å². The molecular formula is C11H17BrN2. The number of halogens is 1. The van der Waals surface area contributed by atoms with Gasteiger partial charge in [-0.25, -0.2) is 0 Å². The first-order valence-corrected chi connectivity index (χ1v) is 5.81. The molecule has 78 valence electrons. The van der Waals surface area contributed by atoms with Gasteiger partial charge in [0, 0.05) is 36.0 Å². The third-order valence-corrected chi connectivity index (χ3v) is 3.96. The molecule has 2 nitrogen and oxygen atoms in total. The van der Waals surface area contributed by atoms with Gasteiger partial charge in [-0.1, -0.05) is 15.9 Å². The van der Waals surface area contributed by atoms with Gasteiger partial charge in [-0.15, -0.1) is 0 Å². The van der Waals surface area contributed by atoms with E-state index in [1.54, 1.807) is 0 Å². The summed E-state index contributed by atoms with van der Waals surface area (Å²) < 4.78 is 0. The number of hydrogen-bond donors (Lipinski definition) is 0. The van der Waals surface area contributed by atoms with Crippen molar-refractivity contribution in [2.75, 3.05) is 17.3 Å². The third-order valence-electron chi connectivity index (χ3n) is 2.59. The number of hydrogen-bond acceptors (Lipinski definition) is 2. The summed E-state index contributed by atoms with van der Waals surface area (Å²) in [6, 6.07) is 2.06. The summed E-state index contributed by atoms with van der Waals surface area (Å²) >= 11 is 3.54. The standard InChI is InChI=1S/C11H17BrN2/c1-9-7-13-6-5-10(9)14(4)11(2,3)8-12/h5-7H,8H2,1-4H3. The van der Waals surface area contributed by atoms with E-state index in [1.807, 2.05) is 12.4 Å². The second-order valence-corrected chi connectivity index (χ2v) is 4.73. The van der Waals surface area contributed by atoms with Crippen molar-refractivity contribution in [3.05, 3.63) is 24.0 Å². The molecule has 0 N–H and O–H groups in total. The quantitative estimate of drug-likeness (QED) is 0.774. The van der Waals surface area contributed by atoms with Gasteiger partial charge < -0.3 is 4.90 Å². The summed E-state index contributed by atoms with van der Waals surface area (Å²) in [5.74, 6) is 0. The molecule has 0 unspecified atom stereocenters. The van der Waals surface area contributed by atoms with E-state index in [0.29, 0.717) is 0 Å². The van der Waals surface area contributed by atoms with Crippen molar-refractivity contribution in [1.82, 2.24) is 4.98 Å². The minimum atomic E-state index is 0.117. The second kappa shape index (κ2) is 4.30. The van der Waals surface area contributed by atoms with E-state index in [-0.39, 0.29) is 5.54 Å². The Balaban J connectivity index is 3.00. The van der Waals surface area contributed by atoms with Gasteiger partial charge in [0.2, 0.25) is 0 Å². The highest BCUT2D eigenvalue weighted by Crippen LogP contribution is 2.25. The normalized spacial score (nSPS) is 11.5. The fourth-order valence-corrected chi connectivity index (χ4v) is 1.63. The Bertz CT molecular complexity index is 310. The van der Waals surface area contributed by atoms with Crippen LogP contribution in [-0.4, -0.2) is 22.9 Å². The molecule has 0 fully saturated rings. The predicted octanol–water partition coefficient (Wildman–Crippen LogP) is 3.00. The van der Waals surface area contributed by atoms with Gasteiger partial charge in [0.25, 0.3) is 0 Å². The Morgan fingerprint density at radius 2 is 2.14 bits per heavy atom. The lowest BCUT2D eigenvalue weighted by molar-refractivity contribution is 0.551. The van der Waals surface area contributed by atoms with Gasteiger partial charge in [0.15, 0.2) is 0 Å². The highest BCUT2D eigenvalue weighted by atomic mass is 79.9. The maximum absolute atomic E-state index is 4.10. The number of nitrogens with zero attached hydrogens (tertiary/aromatic N) is 2. The summed E-state index contributed by atoms with van der Waals surface area (Å²) in [6.07, 6.45) is 3.74. The molecule has 0 spiro atoms. The minimum absolute atomic E-state index is 0.117. The monoisotopic (exact) mass is 256 g/mol. The maximum Gasteiger partial charge on any atom is 0.0439 e. The van der Waals surface area contributed by atoms with Crippen LogP contribution in [0.15, 0.2) is 18.5 Å². The number of anilines is 1. The average molecular weight is 257 g/mol. The molecule has 0 radical (unpaired) electrons. The lowest BCUT2D eigenvalue weighted by atomic mass is 10.1. The molecule has 0 atom stereocenters. The van der Waals surface area contributed by atoms with E-state index < -0.39 is 0 Å². The first-order valence-electron chi connectivity index (χ1n) is 4.69. The molecule has 3 heteroatoms. The zero-order chi connectivity index (χ0) is 10.8. The smallest absolute Gasteiger partial charge is 0.0439 e. The van der Waals surface area contributed by atoms with Gasteiger partial charge in [-0.3, -0.25) is 4.98 Å². The van der Waals surface area contributed by atoms with Gasteiger partial charge in [0.05, 0.1) is 0 Å². The Hall–Kier alpha value is -0.570. The third kappa shape index (κ3) is 2.27. The van der Waals surface area contributed by atoms with Crippen molar-refractivity contribution in [3.8, 4) is 0 Å². The van der Waals surface area contributed by atoms with E-state index in [2.05, 4.69) is 59.7 Å². The summed E-state index contributed by atoms with van der Waals surface area (Å²) in [5, 5.41) is 0.943. The zero-order valence-electron chi connectivity index (χ0n) is 9.21. The van der Waals surface area contributed by atoms with E-state index >= 15 is 0 Å². The van der Waals surface area contributed by atoms with Crippen molar-refractivity contribution in [3.63, 3.8) is 0 Å². The van der Waals surface area contributed by atoms with E-state index in [1.165, 1.54) is 11.3 Å². The SMILES string of the molecule is Cc1cnccc1N(C)C(C)(C)CBr. The molecule has 1 aromatic rings. The first kappa shape index (κ1) is 11.5. The molecule has 1 aromatic heterocycles. The summed E-state index contributed by atoms with van der Waals surface area (Å²) in [7, 11) is 2.11. The van der Waals surface area contributed by atoms with Gasteiger partial charge in [-0.2, -0.15) is 0 Å². The van der Waals surface area contributed by atoms with Crippen LogP contribution in [0.25, 0.3) is 0 Å². The van der Waals surface area contributed by atoms with Gasteiger partial charge in [0.1, 0.15) is 0 Å². The fourth-order valence-electron chi connectivity index (χ4n) is 1.26. The van der Waals surface area contributed by atoms with Crippen LogP contribution in [0.2, 0.25) is 0 Å². The van der Waals surface area contributed by atoms with Crippen LogP contribution in [0.1, 0.15) is 19.4 Å². The van der Waals surface area contributed by atoms with Crippen molar-refractivity contribution in [2.45, 2.75) is 26.3 Å². The Kier molecular flexibility index (Phi) is 3.53. The van der Waals surface area contributed by atoms with Crippen LogP contribution in [0.3, 0.4) is 0 Å². The summed E-state index contributed by atoms with van der Waals surface area (Å²) in [4.78, 5) is 6.37. The molecule has 0 bridgehead atoms. The molecule has 0 aliphatic heterocycles. The van der Waals surface area contributed by atoms with E-state index in [9.17, 15) is 0 Å². The molecular weight excluding hydrogens is 240 g/mol. The van der Waals surface area contributed by atoms with Crippen LogP contribution >= 0.6 is 15.9 Å². The van der Waals surface area contributed by atoms with Crippen LogP contribution < -0.4 is 4.90 Å². The zero-order valence-corrected chi connectivity index (χ0v) is 10.8. The van der Waals surface area contributed by atoms with Crippen LogP contribution in [0, 0.1) is 6.92 Å². The van der Waals surface area contributed by atoms with Gasteiger partial charge in [-0.05, 0) is 32.4 Å². The average Bonchev–Trinajstić information content (AvgIpc) is 2.17. The maximum atomic E-state index is 4.10. The first-order chi connectivity index (χ1) is 6.49. The number of pyridine rings is 1. The molecule has 14 heavy (non-hydrogen) atoms. The van der Waals surface area contributed by atoms with E-state index in [4.69, 9.17) is 0 Å². The molecule has 0 amide bonds. The molecule has 0 saturated heterocycles. The highest BCUT2D eigenvalue weighted by molar-refractivity contribution is 9.09. The number of aromatic nitrogens is 1. The van der Waals surface area contributed by atoms with E-state index in [0.717, 1.165) is 5.33 Å². The van der Waals surface area contributed by atoms with Gasteiger partial charge >= 0.3 is 0 Å². The van der Waals surface area contributed by atoms with Crippen molar-refractivity contribution in [2.24, 2.45) is 0 Å². The van der Waals surface area contributed by atoms with Crippen LogP contribution in [-0.2, 0) is 0 Å². The largest absolute Gasteiger partial charge is 0.368 e. The second-order valence-electron chi connectivity index (χ2n) is 4.17. The number of aryl methyl sites for hydroxylation is 1. The summed E-state index contributed by atoms with van der Waals surface area (Å²) in [5.41, 5.74) is 2.57. The molecule has 1 heterocycles. The molecule has 0 aliphatic rings. The lowest BCUT2D eigenvalue weighted by Gasteiger charge is -2.36. The summed E-state index contributed by atoms with van der Waals surface area (Å²) in [6.45, 7) is 6.51. The van der Waals surface area contributed by atoms with Crippen LogP contribution in [0.4, 0.5) is 5.69 Å². The molecule has 0 aromatic carbocycles. The minimum Gasteiger partial charge on any atom is -0.368 e. The molecule has 1 rings (SSSR count). The van der Waals surface area contributed by atoms with Crippen molar-refractivity contribution in [1.29, 1.82) is 0 Å². The van der Waals surface area contributed by atoms with Crippen LogP contribution in [0.5, 0.6) is 0 Å². The number of alkyl halides is 1. The van der Waals surface area contributed by atoms with Crippen molar-refractivity contribution >= 4 is 21.6 Å². The number of rotatable bonds is 3. The highest BCUT2D eigenvalue weighted by Gasteiger charge is 2.23. The predicted molar refractivity (Wildman–Crippen MR) is 65.3 cm³/mol. The molecule has 0 aliphatic carbocycles. The Morgan fingerprint density at radius 3 is 2.64 bits per heavy atom. The lowest BCUT2D eigenvalue weighted by Crippen LogP contribution is -2.43. The Labute approximate surface area is 94.5 Å². The fraction of sp³-hybridized carbons (Fsp3) is 0.545.